The molecule has 0 aliphatic rings. The topological polar surface area (TPSA) is 48.2 Å². The van der Waals surface area contributed by atoms with Crippen molar-refractivity contribution in [2.45, 2.75) is 20.5 Å². The van der Waals surface area contributed by atoms with Crippen LogP contribution in [0.25, 0.3) is 33.3 Å². The van der Waals surface area contributed by atoms with Crippen LogP contribution in [0.1, 0.15) is 16.7 Å². The molecular weight excluding hydrogens is 360 g/mol. The van der Waals surface area contributed by atoms with Crippen LogP contribution in [-0.2, 0) is 6.61 Å². The Bertz CT molecular complexity index is 1320. The van der Waals surface area contributed by atoms with Gasteiger partial charge in [-0.3, -0.25) is 4.98 Å². The van der Waals surface area contributed by atoms with Crippen molar-refractivity contribution >= 4 is 21.9 Å². The molecule has 0 unspecified atom stereocenters. The molecule has 5 rings (SSSR count). The van der Waals surface area contributed by atoms with E-state index >= 15 is 0 Å². The summed E-state index contributed by atoms with van der Waals surface area (Å²) < 4.78 is 12.2. The quantitative estimate of drug-likeness (QED) is 0.370. The van der Waals surface area contributed by atoms with Crippen LogP contribution in [0.2, 0.25) is 0 Å². The second-order valence-corrected chi connectivity index (χ2v) is 7.18. The van der Waals surface area contributed by atoms with Crippen LogP contribution in [0, 0.1) is 13.8 Å². The molecule has 0 aliphatic heterocycles. The Hall–Kier alpha value is -3.66. The lowest BCUT2D eigenvalue weighted by atomic mass is 10.1. The molecule has 0 fully saturated rings. The first-order valence-corrected chi connectivity index (χ1v) is 9.61. The summed E-state index contributed by atoms with van der Waals surface area (Å²) >= 11 is 0. The van der Waals surface area contributed by atoms with E-state index in [4.69, 9.17) is 14.1 Å². The molecule has 29 heavy (non-hydrogen) atoms. The van der Waals surface area contributed by atoms with Gasteiger partial charge in [-0.25, -0.2) is 4.98 Å². The van der Waals surface area contributed by atoms with Gasteiger partial charge in [0.1, 0.15) is 23.6 Å². The van der Waals surface area contributed by atoms with Gasteiger partial charge in [0, 0.05) is 34.3 Å². The highest BCUT2D eigenvalue weighted by atomic mass is 16.5. The Labute approximate surface area is 168 Å². The summed E-state index contributed by atoms with van der Waals surface area (Å²) in [6, 6.07) is 20.1. The van der Waals surface area contributed by atoms with Gasteiger partial charge in [0.15, 0.2) is 5.76 Å². The maximum absolute atomic E-state index is 6.11. The van der Waals surface area contributed by atoms with Crippen molar-refractivity contribution in [1.82, 2.24) is 9.97 Å². The maximum atomic E-state index is 6.11. The minimum absolute atomic E-state index is 0.469. The summed E-state index contributed by atoms with van der Waals surface area (Å²) in [6.07, 6.45) is 3.58. The van der Waals surface area contributed by atoms with Crippen LogP contribution < -0.4 is 4.74 Å². The highest BCUT2D eigenvalue weighted by Crippen LogP contribution is 2.35. The normalized spacial score (nSPS) is 11.2. The number of nitrogens with zero attached hydrogens (tertiary/aromatic N) is 2. The lowest BCUT2D eigenvalue weighted by molar-refractivity contribution is 0.309. The number of hydrogen-bond donors (Lipinski definition) is 0. The van der Waals surface area contributed by atoms with Crippen molar-refractivity contribution in [2.24, 2.45) is 0 Å². The zero-order valence-electron chi connectivity index (χ0n) is 16.3. The highest BCUT2D eigenvalue weighted by molar-refractivity contribution is 5.91. The number of furan rings is 1. The van der Waals surface area contributed by atoms with Crippen molar-refractivity contribution in [3.63, 3.8) is 0 Å². The molecule has 0 aliphatic carbocycles. The van der Waals surface area contributed by atoms with E-state index in [0.717, 1.165) is 55.8 Å². The molecule has 142 valence electrons. The minimum Gasteiger partial charge on any atom is -0.488 e. The third-order valence-corrected chi connectivity index (χ3v) is 5.21. The monoisotopic (exact) mass is 380 g/mol. The van der Waals surface area contributed by atoms with Crippen molar-refractivity contribution in [3.05, 3.63) is 89.7 Å². The van der Waals surface area contributed by atoms with E-state index in [9.17, 15) is 0 Å². The van der Waals surface area contributed by atoms with Gasteiger partial charge in [-0.15, -0.1) is 0 Å². The van der Waals surface area contributed by atoms with E-state index in [2.05, 4.69) is 31.0 Å². The summed E-state index contributed by atoms with van der Waals surface area (Å²) in [5.41, 5.74) is 5.87. The van der Waals surface area contributed by atoms with Crippen LogP contribution in [-0.4, -0.2) is 9.97 Å². The molecule has 0 radical (unpaired) electrons. The van der Waals surface area contributed by atoms with Crippen molar-refractivity contribution in [2.75, 3.05) is 0 Å². The average molecular weight is 380 g/mol. The summed E-state index contributed by atoms with van der Waals surface area (Å²) in [6.45, 7) is 4.61. The minimum atomic E-state index is 0.469. The first-order valence-electron chi connectivity index (χ1n) is 9.61. The smallest absolute Gasteiger partial charge is 0.156 e. The fourth-order valence-corrected chi connectivity index (χ4v) is 3.64. The molecule has 0 amide bonds. The Morgan fingerprint density at radius 3 is 2.62 bits per heavy atom. The number of ether oxygens (including phenoxy) is 1. The molecule has 2 aromatic carbocycles. The molecular formula is C25H20N2O2. The maximum Gasteiger partial charge on any atom is 0.156 e. The summed E-state index contributed by atoms with van der Waals surface area (Å²) in [5.74, 6) is 1.63. The summed E-state index contributed by atoms with van der Waals surface area (Å²) in [7, 11) is 0. The SMILES string of the molecule is Cc1c(-c2ccc3c(OCc4cccnc4)ccc(C)c3n2)oc2ccccc12. The Morgan fingerprint density at radius 1 is 0.897 bits per heavy atom. The predicted octanol–water partition coefficient (Wildman–Crippen LogP) is 6.24. The predicted molar refractivity (Wildman–Crippen MR) is 115 cm³/mol. The molecule has 4 nitrogen and oxygen atoms in total. The number of para-hydroxylation sites is 1. The van der Waals surface area contributed by atoms with Crippen molar-refractivity contribution < 1.29 is 9.15 Å². The third kappa shape index (κ3) is 3.13. The zero-order valence-corrected chi connectivity index (χ0v) is 16.3. The van der Waals surface area contributed by atoms with Gasteiger partial charge in [-0.1, -0.05) is 30.3 Å². The molecule has 0 bridgehead atoms. The molecule has 0 saturated carbocycles. The lowest BCUT2D eigenvalue weighted by Crippen LogP contribution is -1.98. The van der Waals surface area contributed by atoms with E-state index in [1.165, 1.54) is 0 Å². The molecule has 5 aromatic rings. The van der Waals surface area contributed by atoms with E-state index in [1.54, 1.807) is 6.20 Å². The second-order valence-electron chi connectivity index (χ2n) is 7.18. The second kappa shape index (κ2) is 7.06. The summed E-state index contributed by atoms with van der Waals surface area (Å²) in [4.78, 5) is 9.07. The van der Waals surface area contributed by atoms with Gasteiger partial charge in [-0.2, -0.15) is 0 Å². The Morgan fingerprint density at radius 2 is 1.79 bits per heavy atom. The molecule has 3 aromatic heterocycles. The average Bonchev–Trinajstić information content (AvgIpc) is 3.11. The molecule has 4 heteroatoms. The fraction of sp³-hybridized carbons (Fsp3) is 0.120. The number of fused-ring (bicyclic) bond motifs is 2. The number of aryl methyl sites for hydroxylation is 2. The largest absolute Gasteiger partial charge is 0.488 e. The van der Waals surface area contributed by atoms with Crippen LogP contribution >= 0.6 is 0 Å². The van der Waals surface area contributed by atoms with Crippen LogP contribution in [0.4, 0.5) is 0 Å². The van der Waals surface area contributed by atoms with Gasteiger partial charge in [-0.05, 0) is 49.7 Å². The summed E-state index contributed by atoms with van der Waals surface area (Å²) in [5, 5.41) is 2.11. The molecule has 0 N–H and O–H groups in total. The van der Waals surface area contributed by atoms with Gasteiger partial charge in [0.05, 0.1) is 5.52 Å². The highest BCUT2D eigenvalue weighted by Gasteiger charge is 2.15. The lowest BCUT2D eigenvalue weighted by Gasteiger charge is -2.11. The third-order valence-electron chi connectivity index (χ3n) is 5.21. The van der Waals surface area contributed by atoms with E-state index in [0.29, 0.717) is 6.61 Å². The Kier molecular flexibility index (Phi) is 4.24. The van der Waals surface area contributed by atoms with Gasteiger partial charge in [0.25, 0.3) is 0 Å². The van der Waals surface area contributed by atoms with E-state index in [-0.39, 0.29) is 0 Å². The van der Waals surface area contributed by atoms with Gasteiger partial charge >= 0.3 is 0 Å². The fourth-order valence-electron chi connectivity index (χ4n) is 3.64. The number of pyridine rings is 2. The number of benzene rings is 2. The molecule has 3 heterocycles. The zero-order chi connectivity index (χ0) is 19.8. The molecule has 0 atom stereocenters. The van der Waals surface area contributed by atoms with Gasteiger partial charge in [0.2, 0.25) is 0 Å². The molecule has 0 spiro atoms. The first-order chi connectivity index (χ1) is 14.2. The van der Waals surface area contributed by atoms with Crippen LogP contribution in [0.15, 0.2) is 77.5 Å². The standard InChI is InChI=1S/C25H20N2O2/c1-16-9-12-22(28-15-18-6-5-13-26-14-18)20-10-11-21(27-24(16)20)25-17(2)19-7-3-4-8-23(19)29-25/h3-14H,15H2,1-2H3. The van der Waals surface area contributed by atoms with Crippen molar-refractivity contribution in [3.8, 4) is 17.2 Å². The van der Waals surface area contributed by atoms with E-state index in [1.807, 2.05) is 54.7 Å². The van der Waals surface area contributed by atoms with Crippen LogP contribution in [0.5, 0.6) is 5.75 Å². The van der Waals surface area contributed by atoms with Crippen LogP contribution in [0.3, 0.4) is 0 Å². The first kappa shape index (κ1) is 17.4. The van der Waals surface area contributed by atoms with Crippen molar-refractivity contribution in [1.29, 1.82) is 0 Å². The Balaban J connectivity index is 1.56. The molecule has 0 saturated heterocycles. The number of rotatable bonds is 4. The van der Waals surface area contributed by atoms with Gasteiger partial charge < -0.3 is 9.15 Å². The number of aromatic nitrogens is 2. The van der Waals surface area contributed by atoms with E-state index < -0.39 is 0 Å². The number of hydrogen-bond acceptors (Lipinski definition) is 4.